The van der Waals surface area contributed by atoms with Crippen molar-refractivity contribution in [2.45, 2.75) is 32.1 Å². The van der Waals surface area contributed by atoms with Crippen LogP contribution in [0.4, 0.5) is 13.2 Å². The van der Waals surface area contributed by atoms with Gasteiger partial charge in [-0.05, 0) is 36.6 Å². The van der Waals surface area contributed by atoms with E-state index in [0.717, 1.165) is 24.0 Å². The molecule has 0 aliphatic carbocycles. The van der Waals surface area contributed by atoms with E-state index in [1.807, 2.05) is 13.0 Å². The van der Waals surface area contributed by atoms with Crippen LogP contribution in [0.25, 0.3) is 0 Å². The third-order valence-electron chi connectivity index (χ3n) is 4.22. The first kappa shape index (κ1) is 18.1. The van der Waals surface area contributed by atoms with E-state index in [2.05, 4.69) is 47.7 Å². The first-order valence-corrected chi connectivity index (χ1v) is 8.64. The third kappa shape index (κ3) is 4.70. The van der Waals surface area contributed by atoms with Gasteiger partial charge in [-0.25, -0.2) is 4.98 Å². The predicted molar refractivity (Wildman–Crippen MR) is 90.3 cm³/mol. The molecule has 2 aromatic rings. The van der Waals surface area contributed by atoms with Crippen LogP contribution in [-0.2, 0) is 13.0 Å². The standard InChI is InChI=1S/C17H17BrF3N3O/c1-11(15-7-23-16(8-22-15)25-10-17(19,20)21)24-5-4-12-2-3-14(18)6-13(12)9-24/h2-3,6-8,11H,4-5,9-10H2,1H3/t11-/m1/s1. The lowest BCUT2D eigenvalue weighted by atomic mass is 9.98. The van der Waals surface area contributed by atoms with Crippen LogP contribution in [0.5, 0.6) is 5.88 Å². The van der Waals surface area contributed by atoms with E-state index in [-0.39, 0.29) is 11.9 Å². The molecule has 2 heterocycles. The molecule has 1 aromatic carbocycles. The monoisotopic (exact) mass is 415 g/mol. The number of aromatic nitrogens is 2. The first-order valence-electron chi connectivity index (χ1n) is 7.85. The summed E-state index contributed by atoms with van der Waals surface area (Å²) in [6.45, 7) is 2.34. The zero-order chi connectivity index (χ0) is 18.0. The molecular weight excluding hydrogens is 399 g/mol. The molecule has 4 nitrogen and oxygen atoms in total. The fourth-order valence-electron chi connectivity index (χ4n) is 2.84. The van der Waals surface area contributed by atoms with Crippen molar-refractivity contribution >= 4 is 15.9 Å². The Labute approximate surface area is 152 Å². The maximum Gasteiger partial charge on any atom is 0.422 e. The second-order valence-corrected chi connectivity index (χ2v) is 6.91. The molecule has 1 aliphatic rings. The largest absolute Gasteiger partial charge is 0.467 e. The summed E-state index contributed by atoms with van der Waals surface area (Å²) in [4.78, 5) is 10.4. The molecule has 0 saturated carbocycles. The van der Waals surface area contributed by atoms with Crippen LogP contribution in [0.15, 0.2) is 35.1 Å². The second-order valence-electron chi connectivity index (χ2n) is 5.99. The van der Waals surface area contributed by atoms with Crippen LogP contribution in [0, 0.1) is 0 Å². The van der Waals surface area contributed by atoms with Crippen molar-refractivity contribution in [2.75, 3.05) is 13.2 Å². The van der Waals surface area contributed by atoms with Crippen molar-refractivity contribution in [3.8, 4) is 5.88 Å². The average Bonchev–Trinajstić information content (AvgIpc) is 2.58. The molecule has 25 heavy (non-hydrogen) atoms. The summed E-state index contributed by atoms with van der Waals surface area (Å²) in [5, 5.41) is 0. The van der Waals surface area contributed by atoms with Gasteiger partial charge in [0.2, 0.25) is 5.88 Å². The van der Waals surface area contributed by atoms with E-state index in [9.17, 15) is 13.2 Å². The Kier molecular flexibility index (Phi) is 5.29. The van der Waals surface area contributed by atoms with Crippen LogP contribution in [0.1, 0.15) is 29.8 Å². The number of nitrogens with zero attached hydrogens (tertiary/aromatic N) is 3. The molecule has 0 unspecified atom stereocenters. The molecule has 0 amide bonds. The first-order chi connectivity index (χ1) is 11.8. The maximum absolute atomic E-state index is 12.2. The van der Waals surface area contributed by atoms with Crippen LogP contribution in [-0.4, -0.2) is 34.2 Å². The summed E-state index contributed by atoms with van der Waals surface area (Å²) in [5.41, 5.74) is 3.32. The topological polar surface area (TPSA) is 38.3 Å². The Morgan fingerprint density at radius 2 is 2.04 bits per heavy atom. The molecule has 0 spiro atoms. The van der Waals surface area contributed by atoms with Crippen LogP contribution >= 0.6 is 15.9 Å². The van der Waals surface area contributed by atoms with Gasteiger partial charge >= 0.3 is 6.18 Å². The van der Waals surface area contributed by atoms with Crippen LogP contribution < -0.4 is 4.74 Å². The summed E-state index contributed by atoms with van der Waals surface area (Å²) in [6.07, 6.45) is -0.713. The fourth-order valence-corrected chi connectivity index (χ4v) is 3.25. The van der Waals surface area contributed by atoms with E-state index in [0.29, 0.717) is 5.69 Å². The van der Waals surface area contributed by atoms with Gasteiger partial charge < -0.3 is 4.74 Å². The molecule has 134 valence electrons. The fraction of sp³-hybridized carbons (Fsp3) is 0.412. The lowest BCUT2D eigenvalue weighted by Crippen LogP contribution is -2.33. The zero-order valence-corrected chi connectivity index (χ0v) is 15.1. The van der Waals surface area contributed by atoms with Crippen molar-refractivity contribution < 1.29 is 17.9 Å². The minimum absolute atomic E-state index is 0.0105. The predicted octanol–water partition coefficient (Wildman–Crippen LogP) is 4.30. The molecule has 0 fully saturated rings. The summed E-state index contributed by atoms with van der Waals surface area (Å²) in [6, 6.07) is 6.31. The maximum atomic E-state index is 12.2. The highest BCUT2D eigenvalue weighted by atomic mass is 79.9. The van der Waals surface area contributed by atoms with Crippen molar-refractivity contribution in [1.82, 2.24) is 14.9 Å². The van der Waals surface area contributed by atoms with Gasteiger partial charge in [0.05, 0.1) is 24.1 Å². The molecule has 1 aromatic heterocycles. The molecule has 0 radical (unpaired) electrons. The van der Waals surface area contributed by atoms with Gasteiger partial charge in [-0.1, -0.05) is 22.0 Å². The summed E-state index contributed by atoms with van der Waals surface area (Å²) in [7, 11) is 0. The molecule has 3 rings (SSSR count). The number of halogens is 4. The molecule has 1 atom stereocenters. The highest BCUT2D eigenvalue weighted by Gasteiger charge is 2.29. The lowest BCUT2D eigenvalue weighted by Gasteiger charge is -2.33. The van der Waals surface area contributed by atoms with Gasteiger partial charge in [-0.15, -0.1) is 0 Å². The van der Waals surface area contributed by atoms with Gasteiger partial charge in [0.1, 0.15) is 0 Å². The third-order valence-corrected chi connectivity index (χ3v) is 4.71. The highest BCUT2D eigenvalue weighted by molar-refractivity contribution is 9.10. The van der Waals surface area contributed by atoms with E-state index in [1.54, 1.807) is 0 Å². The summed E-state index contributed by atoms with van der Waals surface area (Å²) < 4.78 is 42.1. The number of hydrogen-bond acceptors (Lipinski definition) is 4. The number of hydrogen-bond donors (Lipinski definition) is 0. The lowest BCUT2D eigenvalue weighted by molar-refractivity contribution is -0.154. The molecule has 1 aliphatic heterocycles. The second kappa shape index (κ2) is 7.29. The van der Waals surface area contributed by atoms with Gasteiger partial charge in [0.15, 0.2) is 6.61 Å². The number of fused-ring (bicyclic) bond motifs is 1. The summed E-state index contributed by atoms with van der Waals surface area (Å²) >= 11 is 3.49. The van der Waals surface area contributed by atoms with E-state index in [4.69, 9.17) is 0 Å². The number of benzene rings is 1. The smallest absolute Gasteiger partial charge is 0.422 e. The molecule has 0 bridgehead atoms. The van der Waals surface area contributed by atoms with E-state index >= 15 is 0 Å². The van der Waals surface area contributed by atoms with E-state index < -0.39 is 12.8 Å². The van der Waals surface area contributed by atoms with Crippen molar-refractivity contribution in [2.24, 2.45) is 0 Å². The van der Waals surface area contributed by atoms with Gasteiger partial charge in [0.25, 0.3) is 0 Å². The Morgan fingerprint density at radius 3 is 2.72 bits per heavy atom. The molecule has 0 saturated heterocycles. The highest BCUT2D eigenvalue weighted by Crippen LogP contribution is 2.28. The molecule has 8 heteroatoms. The quantitative estimate of drug-likeness (QED) is 0.745. The van der Waals surface area contributed by atoms with Gasteiger partial charge in [-0.2, -0.15) is 13.2 Å². The minimum atomic E-state index is -4.39. The molecule has 0 N–H and O–H groups in total. The number of ether oxygens (including phenoxy) is 1. The number of alkyl halides is 3. The Morgan fingerprint density at radius 1 is 1.24 bits per heavy atom. The summed E-state index contributed by atoms with van der Waals surface area (Å²) in [5.74, 6) is -0.124. The van der Waals surface area contributed by atoms with Crippen LogP contribution in [0.2, 0.25) is 0 Å². The Hall–Kier alpha value is -1.67. The van der Waals surface area contributed by atoms with Crippen molar-refractivity contribution in [3.63, 3.8) is 0 Å². The van der Waals surface area contributed by atoms with Gasteiger partial charge in [-0.3, -0.25) is 9.88 Å². The van der Waals surface area contributed by atoms with Crippen molar-refractivity contribution in [1.29, 1.82) is 0 Å². The Balaban J connectivity index is 1.66. The van der Waals surface area contributed by atoms with Crippen LogP contribution in [0.3, 0.4) is 0 Å². The number of rotatable bonds is 4. The SMILES string of the molecule is C[C@H](c1cnc(OCC(F)(F)F)cn1)N1CCc2ccc(Br)cc2C1. The average molecular weight is 416 g/mol. The Bertz CT molecular complexity index is 737. The van der Waals surface area contributed by atoms with E-state index in [1.165, 1.54) is 23.5 Å². The minimum Gasteiger partial charge on any atom is -0.467 e. The zero-order valence-electron chi connectivity index (χ0n) is 13.6. The van der Waals surface area contributed by atoms with Crippen molar-refractivity contribution in [3.05, 3.63) is 51.9 Å². The normalized spacial score (nSPS) is 16.4. The molecular formula is C17H17BrF3N3O. The van der Waals surface area contributed by atoms with Gasteiger partial charge in [0, 0.05) is 17.6 Å².